The van der Waals surface area contributed by atoms with E-state index in [9.17, 15) is 9.59 Å². The van der Waals surface area contributed by atoms with E-state index in [4.69, 9.17) is 5.11 Å². The van der Waals surface area contributed by atoms with Crippen molar-refractivity contribution in [2.24, 2.45) is 7.05 Å². The van der Waals surface area contributed by atoms with Crippen molar-refractivity contribution in [1.29, 1.82) is 0 Å². The van der Waals surface area contributed by atoms with E-state index in [2.05, 4.69) is 5.10 Å². The molecular formula is C12H14N4O3. The van der Waals surface area contributed by atoms with Crippen molar-refractivity contribution in [3.8, 4) is 0 Å². The molecule has 0 unspecified atom stereocenters. The second-order valence-corrected chi connectivity index (χ2v) is 4.78. The molecule has 1 saturated carbocycles. The first-order chi connectivity index (χ1) is 9.08. The van der Waals surface area contributed by atoms with Crippen LogP contribution in [0.25, 0.3) is 0 Å². The van der Waals surface area contributed by atoms with Crippen LogP contribution >= 0.6 is 0 Å². The molecule has 0 atom stereocenters. The van der Waals surface area contributed by atoms with Crippen LogP contribution in [0.3, 0.4) is 0 Å². The number of carboxylic acid groups (broad SMARTS) is 1. The summed E-state index contributed by atoms with van der Waals surface area (Å²) in [6.45, 7) is 0.219. The molecule has 0 aliphatic heterocycles. The molecular weight excluding hydrogens is 248 g/mol. The highest BCUT2D eigenvalue weighted by molar-refractivity contribution is 5.88. The molecule has 1 aliphatic rings. The molecule has 2 aromatic rings. The van der Waals surface area contributed by atoms with Gasteiger partial charge in [-0.15, -0.1) is 0 Å². The summed E-state index contributed by atoms with van der Waals surface area (Å²) in [7, 11) is 1.67. The number of aryl methyl sites for hydroxylation is 1. The lowest BCUT2D eigenvalue weighted by Crippen LogP contribution is -2.25. The zero-order chi connectivity index (χ0) is 13.6. The molecule has 2 aromatic heterocycles. The zero-order valence-corrected chi connectivity index (χ0v) is 10.5. The summed E-state index contributed by atoms with van der Waals surface area (Å²) in [5.74, 6) is -1.03. The van der Waals surface area contributed by atoms with Crippen LogP contribution in [-0.2, 0) is 13.6 Å². The highest BCUT2D eigenvalue weighted by Crippen LogP contribution is 2.33. The third kappa shape index (κ3) is 1.96. The lowest BCUT2D eigenvalue weighted by Gasteiger charge is -2.04. The average molecular weight is 262 g/mol. The van der Waals surface area contributed by atoms with Crippen LogP contribution < -0.4 is 5.69 Å². The van der Waals surface area contributed by atoms with Crippen molar-refractivity contribution in [1.82, 2.24) is 18.9 Å². The minimum absolute atomic E-state index is 0.0972. The van der Waals surface area contributed by atoms with E-state index < -0.39 is 5.97 Å². The molecule has 3 rings (SSSR count). The second kappa shape index (κ2) is 4.11. The SMILES string of the molecule is Cn1ncc(C(=O)O)c1Cn1ccn(C2CC2)c1=O. The Balaban J connectivity index is 1.95. The normalized spacial score (nSPS) is 14.8. The minimum atomic E-state index is -1.03. The Bertz CT molecular complexity index is 690. The number of carbonyl (C=O) groups is 1. The Kier molecular flexibility index (Phi) is 2.55. The molecule has 1 aliphatic carbocycles. The molecule has 7 nitrogen and oxygen atoms in total. The fraction of sp³-hybridized carbons (Fsp3) is 0.417. The van der Waals surface area contributed by atoms with Gasteiger partial charge < -0.3 is 5.11 Å². The number of nitrogens with zero attached hydrogens (tertiary/aromatic N) is 4. The van der Waals surface area contributed by atoms with Crippen LogP contribution in [0, 0.1) is 0 Å². The van der Waals surface area contributed by atoms with E-state index in [1.807, 2.05) is 0 Å². The van der Waals surface area contributed by atoms with E-state index >= 15 is 0 Å². The smallest absolute Gasteiger partial charge is 0.339 e. The summed E-state index contributed by atoms with van der Waals surface area (Å²) in [5.41, 5.74) is 0.553. The van der Waals surface area contributed by atoms with Gasteiger partial charge in [0.15, 0.2) is 0 Å². The van der Waals surface area contributed by atoms with Crippen molar-refractivity contribution in [2.75, 3.05) is 0 Å². The van der Waals surface area contributed by atoms with Gasteiger partial charge in [-0.2, -0.15) is 5.10 Å². The van der Waals surface area contributed by atoms with E-state index in [1.54, 1.807) is 24.0 Å². The zero-order valence-electron chi connectivity index (χ0n) is 10.5. The third-order valence-electron chi connectivity index (χ3n) is 3.43. The maximum absolute atomic E-state index is 12.1. The summed E-state index contributed by atoms with van der Waals surface area (Å²) < 4.78 is 4.71. The number of aromatic carboxylic acids is 1. The minimum Gasteiger partial charge on any atom is -0.478 e. The van der Waals surface area contributed by atoms with Gasteiger partial charge in [0, 0.05) is 25.5 Å². The van der Waals surface area contributed by atoms with Gasteiger partial charge in [0.25, 0.3) is 0 Å². The van der Waals surface area contributed by atoms with Gasteiger partial charge in [0.05, 0.1) is 18.4 Å². The summed E-state index contributed by atoms with van der Waals surface area (Å²) >= 11 is 0. The predicted octanol–water partition coefficient (Wildman–Crippen LogP) is 0.465. The molecule has 1 N–H and O–H groups in total. The molecule has 0 radical (unpaired) electrons. The fourth-order valence-electron chi connectivity index (χ4n) is 2.17. The van der Waals surface area contributed by atoms with Gasteiger partial charge in [-0.05, 0) is 12.8 Å². The van der Waals surface area contributed by atoms with Crippen molar-refractivity contribution in [3.63, 3.8) is 0 Å². The number of aromatic nitrogens is 4. The van der Waals surface area contributed by atoms with Gasteiger partial charge in [0.1, 0.15) is 5.56 Å². The molecule has 0 aromatic carbocycles. The Morgan fingerprint density at radius 2 is 2.21 bits per heavy atom. The first kappa shape index (κ1) is 11.8. The van der Waals surface area contributed by atoms with Crippen molar-refractivity contribution >= 4 is 5.97 Å². The summed E-state index contributed by atoms with van der Waals surface area (Å²) in [6, 6.07) is 0.319. The molecule has 0 saturated heterocycles. The predicted molar refractivity (Wildman–Crippen MR) is 66.2 cm³/mol. The molecule has 2 heterocycles. The van der Waals surface area contributed by atoms with Crippen LogP contribution in [-0.4, -0.2) is 30.0 Å². The Labute approximate surface area is 108 Å². The first-order valence-corrected chi connectivity index (χ1v) is 6.09. The van der Waals surface area contributed by atoms with Gasteiger partial charge in [0.2, 0.25) is 0 Å². The molecule has 7 heteroatoms. The second-order valence-electron chi connectivity index (χ2n) is 4.78. The Hall–Kier alpha value is -2.31. The van der Waals surface area contributed by atoms with Crippen LogP contribution in [0.15, 0.2) is 23.4 Å². The van der Waals surface area contributed by atoms with Crippen LogP contribution in [0.1, 0.15) is 34.9 Å². The highest BCUT2D eigenvalue weighted by atomic mass is 16.4. The van der Waals surface area contributed by atoms with E-state index in [1.165, 1.54) is 15.4 Å². The number of hydrogen-bond donors (Lipinski definition) is 1. The summed E-state index contributed by atoms with van der Waals surface area (Å²) in [5, 5.41) is 13.0. The molecule has 0 spiro atoms. The lowest BCUT2D eigenvalue weighted by molar-refractivity contribution is 0.0695. The number of carboxylic acids is 1. The maximum Gasteiger partial charge on any atom is 0.339 e. The summed E-state index contributed by atoms with van der Waals surface area (Å²) in [4.78, 5) is 23.2. The molecule has 100 valence electrons. The van der Waals surface area contributed by atoms with Gasteiger partial charge >= 0.3 is 11.7 Å². The molecule has 19 heavy (non-hydrogen) atoms. The maximum atomic E-state index is 12.1. The number of imidazole rings is 1. The van der Waals surface area contributed by atoms with Crippen molar-refractivity contribution in [2.45, 2.75) is 25.4 Å². The van der Waals surface area contributed by atoms with E-state index in [0.717, 1.165) is 12.8 Å². The summed E-state index contributed by atoms with van der Waals surface area (Å²) in [6.07, 6.45) is 6.84. The van der Waals surface area contributed by atoms with E-state index in [-0.39, 0.29) is 17.8 Å². The molecule has 0 amide bonds. The molecule has 1 fully saturated rings. The van der Waals surface area contributed by atoms with Crippen LogP contribution in [0.5, 0.6) is 0 Å². The van der Waals surface area contributed by atoms with Gasteiger partial charge in [-0.1, -0.05) is 0 Å². The average Bonchev–Trinajstić information content (AvgIpc) is 3.05. The first-order valence-electron chi connectivity index (χ1n) is 6.09. The number of hydrogen-bond acceptors (Lipinski definition) is 3. The Morgan fingerprint density at radius 3 is 2.84 bits per heavy atom. The third-order valence-corrected chi connectivity index (χ3v) is 3.43. The quantitative estimate of drug-likeness (QED) is 0.868. The highest BCUT2D eigenvalue weighted by Gasteiger charge is 2.26. The largest absolute Gasteiger partial charge is 0.478 e. The van der Waals surface area contributed by atoms with Crippen LogP contribution in [0.2, 0.25) is 0 Å². The van der Waals surface area contributed by atoms with Crippen molar-refractivity contribution in [3.05, 3.63) is 40.3 Å². The fourth-order valence-corrected chi connectivity index (χ4v) is 2.17. The monoisotopic (exact) mass is 262 g/mol. The Morgan fingerprint density at radius 1 is 1.47 bits per heavy atom. The number of rotatable bonds is 4. The molecule has 0 bridgehead atoms. The lowest BCUT2D eigenvalue weighted by atomic mass is 10.2. The van der Waals surface area contributed by atoms with Gasteiger partial charge in [-0.3, -0.25) is 13.8 Å². The van der Waals surface area contributed by atoms with Crippen LogP contribution in [0.4, 0.5) is 0 Å². The standard InChI is InChI=1S/C12H14N4O3/c1-14-10(9(6-13-14)11(17)18)7-15-4-5-16(12(15)19)8-2-3-8/h4-6,8H,2-3,7H2,1H3,(H,17,18). The van der Waals surface area contributed by atoms with E-state index in [0.29, 0.717) is 11.7 Å². The topological polar surface area (TPSA) is 82.1 Å². The van der Waals surface area contributed by atoms with Crippen molar-refractivity contribution < 1.29 is 9.90 Å². The van der Waals surface area contributed by atoms with Gasteiger partial charge in [-0.25, -0.2) is 9.59 Å².